The summed E-state index contributed by atoms with van der Waals surface area (Å²) in [6.45, 7) is 16.6. The van der Waals surface area contributed by atoms with E-state index in [-0.39, 0.29) is 49.8 Å². The molecule has 6 rings (SSSR count). The number of alkyl carbamates (subject to hydrolysis) is 1. The molecule has 1 saturated heterocycles. The number of imidazole rings is 1. The second-order valence-electron chi connectivity index (χ2n) is 19.2. The van der Waals surface area contributed by atoms with E-state index in [4.69, 9.17) is 14.5 Å². The number of allylic oxidation sites excluding steroid dienone is 2. The van der Waals surface area contributed by atoms with Crippen molar-refractivity contribution in [1.82, 2.24) is 35.1 Å². The molecule has 0 radical (unpaired) electrons. The lowest BCUT2D eigenvalue weighted by molar-refractivity contribution is -0.143. The summed E-state index contributed by atoms with van der Waals surface area (Å²) in [4.78, 5) is 76.3. The van der Waals surface area contributed by atoms with Crippen molar-refractivity contribution in [3.63, 3.8) is 0 Å². The zero-order valence-corrected chi connectivity index (χ0v) is 36.8. The van der Waals surface area contributed by atoms with Gasteiger partial charge in [-0.2, -0.15) is 4.98 Å². The first kappa shape index (κ1) is 44.2. The third-order valence-corrected chi connectivity index (χ3v) is 14.3. The van der Waals surface area contributed by atoms with Gasteiger partial charge in [-0.1, -0.05) is 52.3 Å². The lowest BCUT2D eigenvalue weighted by Gasteiger charge is -2.36. The van der Waals surface area contributed by atoms with E-state index >= 15 is 0 Å². The van der Waals surface area contributed by atoms with Crippen LogP contribution in [-0.2, 0) is 40.4 Å². The first-order chi connectivity index (χ1) is 27.5. The fourth-order valence-electron chi connectivity index (χ4n) is 8.65. The van der Waals surface area contributed by atoms with Gasteiger partial charge in [0.05, 0.1) is 16.9 Å². The lowest BCUT2D eigenvalue weighted by atomic mass is 9.85. The van der Waals surface area contributed by atoms with Crippen LogP contribution in [0.5, 0.6) is 6.01 Å². The molecular weight excluding hydrogens is 779 g/mol. The highest BCUT2D eigenvalue weighted by Crippen LogP contribution is 2.50. The Bertz CT molecular complexity index is 2020. The molecule has 59 heavy (non-hydrogen) atoms. The maximum absolute atomic E-state index is 14.7. The van der Waals surface area contributed by atoms with Gasteiger partial charge >= 0.3 is 6.09 Å². The molecule has 5 amide bonds. The van der Waals surface area contributed by atoms with Gasteiger partial charge in [0.2, 0.25) is 21.8 Å². The van der Waals surface area contributed by atoms with E-state index in [0.29, 0.717) is 62.6 Å². The Morgan fingerprint density at radius 1 is 1.07 bits per heavy atom. The topological polar surface area (TPSA) is 207 Å². The van der Waals surface area contributed by atoms with E-state index in [1.165, 1.54) is 4.90 Å². The summed E-state index contributed by atoms with van der Waals surface area (Å²) >= 11 is 0. The SMILES string of the molecule is CC[C@@H]1C[C@@]12NC(=O)[C@@H]1C[C@H](CN1C(=O)[C@@H](NC(=O)OC(C)(C)C)C(C)(C)C)Oc1nc3c(n1C(C)C)CCC=C3C(=O)NC/C=C/CCCC1(CC1)S(=O)(=O)NC2=O. The van der Waals surface area contributed by atoms with Crippen LogP contribution in [0.3, 0.4) is 0 Å². The molecule has 0 unspecified atom stereocenters. The van der Waals surface area contributed by atoms with Crippen LogP contribution in [0.2, 0.25) is 0 Å². The number of hydrogen-bond donors (Lipinski definition) is 4. The van der Waals surface area contributed by atoms with Gasteiger partial charge in [0.1, 0.15) is 35.0 Å². The molecule has 4 bridgehead atoms. The Labute approximate surface area is 348 Å². The number of carbonyl (C=O) groups is 5. The zero-order chi connectivity index (χ0) is 43.3. The van der Waals surface area contributed by atoms with Crippen molar-refractivity contribution < 1.29 is 41.9 Å². The minimum absolute atomic E-state index is 0.00190. The normalized spacial score (nSPS) is 28.1. The molecule has 2 aliphatic heterocycles. The van der Waals surface area contributed by atoms with Crippen LogP contribution in [0.15, 0.2) is 18.2 Å². The van der Waals surface area contributed by atoms with Crippen LogP contribution in [0.1, 0.15) is 138 Å². The number of nitrogens with one attached hydrogen (secondary N) is 4. The number of likely N-dealkylation sites (tertiary alicyclic amines) is 1. The fraction of sp³-hybridized carbons (Fsp3) is 0.714. The molecule has 2 saturated carbocycles. The van der Waals surface area contributed by atoms with E-state index in [9.17, 15) is 32.4 Å². The summed E-state index contributed by atoms with van der Waals surface area (Å²) in [6, 6.07) is -2.17. The molecule has 1 aromatic heterocycles. The number of carbonyl (C=O) groups excluding carboxylic acids is 5. The molecule has 3 fully saturated rings. The molecule has 16 nitrogen and oxygen atoms in total. The van der Waals surface area contributed by atoms with E-state index in [1.54, 1.807) is 41.5 Å². The summed E-state index contributed by atoms with van der Waals surface area (Å²) in [7, 11) is -4.10. The first-order valence-electron chi connectivity index (χ1n) is 21.1. The highest BCUT2D eigenvalue weighted by molar-refractivity contribution is 7.91. The first-order valence-corrected chi connectivity index (χ1v) is 22.6. The second kappa shape index (κ2) is 16.2. The molecule has 2 spiro atoms. The van der Waals surface area contributed by atoms with Gasteiger partial charge in [-0.25, -0.2) is 13.2 Å². The average molecular weight is 842 g/mol. The number of sulfonamides is 1. The molecule has 1 aromatic rings. The fourth-order valence-corrected chi connectivity index (χ4v) is 10.3. The minimum atomic E-state index is -4.10. The molecule has 3 aliphatic carbocycles. The van der Waals surface area contributed by atoms with Crippen molar-refractivity contribution in [2.24, 2.45) is 11.3 Å². The van der Waals surface area contributed by atoms with Crippen molar-refractivity contribution in [2.45, 2.75) is 167 Å². The molecule has 4 N–H and O–H groups in total. The summed E-state index contributed by atoms with van der Waals surface area (Å²) in [5, 5.41) is 8.60. The largest absolute Gasteiger partial charge is 0.459 e. The number of amides is 5. The standard InChI is InChI=1S/C42H63N7O9S/c1-10-26-23-42(26)36(53)47-59(55,56)41(19-20-41)18-13-11-12-14-21-43-33(50)28-16-15-17-29-31(28)44-37(49(29)25(2)3)57-27-22-30(34(51)46-42)48(24-27)35(52)32(39(4,5)6)45-38(54)58-40(7,8)9/h12,14,16,25-27,30,32H,10-11,13,15,17-24H2,1-9H3,(H,43,50)(H,45,54)(H,46,51)(H,47,53)/b14-12+/t26-,27-,30+,32-,42-/m1/s1. The van der Waals surface area contributed by atoms with E-state index < -0.39 is 73.3 Å². The Kier molecular flexibility index (Phi) is 12.1. The van der Waals surface area contributed by atoms with Gasteiger partial charge in [-0.15, -0.1) is 0 Å². The van der Waals surface area contributed by atoms with Crippen molar-refractivity contribution in [2.75, 3.05) is 13.1 Å². The zero-order valence-electron chi connectivity index (χ0n) is 36.0. The third-order valence-electron chi connectivity index (χ3n) is 12.1. The number of hydrogen-bond acceptors (Lipinski definition) is 10. The van der Waals surface area contributed by atoms with Crippen LogP contribution < -0.4 is 25.4 Å². The number of nitrogens with zero attached hydrogens (tertiary/aromatic N) is 3. The Balaban J connectivity index is 1.38. The molecular formula is C42H63N7O9S. The van der Waals surface area contributed by atoms with Gasteiger partial charge in [0.15, 0.2) is 0 Å². The molecule has 17 heteroatoms. The Morgan fingerprint density at radius 3 is 2.39 bits per heavy atom. The molecule has 5 atom stereocenters. The van der Waals surface area contributed by atoms with Crippen LogP contribution in [0.4, 0.5) is 4.79 Å². The van der Waals surface area contributed by atoms with Crippen molar-refractivity contribution >= 4 is 45.3 Å². The smallest absolute Gasteiger partial charge is 0.408 e. The van der Waals surface area contributed by atoms with Crippen LogP contribution in [0.25, 0.3) is 5.57 Å². The Morgan fingerprint density at radius 2 is 1.78 bits per heavy atom. The quantitative estimate of drug-likeness (QED) is 0.318. The van der Waals surface area contributed by atoms with Gasteiger partial charge in [0, 0.05) is 24.7 Å². The molecule has 326 valence electrons. The lowest BCUT2D eigenvalue weighted by Crippen LogP contribution is -2.60. The number of fused-ring (bicyclic) bond motifs is 3. The minimum Gasteiger partial charge on any atom is -0.459 e. The number of rotatable bonds is 4. The van der Waals surface area contributed by atoms with Crippen molar-refractivity contribution in [3.8, 4) is 6.01 Å². The summed E-state index contributed by atoms with van der Waals surface area (Å²) in [5.41, 5.74) is -1.38. The molecule has 5 aliphatic rings. The highest BCUT2D eigenvalue weighted by atomic mass is 32.2. The van der Waals surface area contributed by atoms with Gasteiger partial charge < -0.3 is 30.3 Å². The maximum atomic E-state index is 14.7. The van der Waals surface area contributed by atoms with E-state index in [1.807, 2.05) is 43.6 Å². The summed E-state index contributed by atoms with van der Waals surface area (Å²) in [5.74, 6) is -2.59. The average Bonchev–Trinajstić information content (AvgIpc) is 3.99. The predicted molar refractivity (Wildman–Crippen MR) is 220 cm³/mol. The predicted octanol–water partition coefficient (Wildman–Crippen LogP) is 4.20. The summed E-state index contributed by atoms with van der Waals surface area (Å²) < 4.78 is 43.0. The third kappa shape index (κ3) is 9.19. The highest BCUT2D eigenvalue weighted by Gasteiger charge is 2.64. The van der Waals surface area contributed by atoms with Crippen molar-refractivity contribution in [3.05, 3.63) is 29.6 Å². The van der Waals surface area contributed by atoms with Gasteiger partial charge in [-0.05, 0) is 97.3 Å². The van der Waals surface area contributed by atoms with Crippen LogP contribution in [0, 0.1) is 11.3 Å². The molecule has 3 heterocycles. The van der Waals surface area contributed by atoms with E-state index in [0.717, 1.165) is 5.69 Å². The van der Waals surface area contributed by atoms with Crippen molar-refractivity contribution in [1.29, 1.82) is 0 Å². The molecule has 0 aromatic carbocycles. The van der Waals surface area contributed by atoms with E-state index in [2.05, 4.69) is 20.7 Å². The Hall–Kier alpha value is -4.41. The second-order valence-corrected chi connectivity index (χ2v) is 21.3. The monoisotopic (exact) mass is 841 g/mol. The van der Waals surface area contributed by atoms with Gasteiger partial charge in [-0.3, -0.25) is 28.5 Å². The summed E-state index contributed by atoms with van der Waals surface area (Å²) in [6.07, 6.45) is 8.40. The van der Waals surface area contributed by atoms with Gasteiger partial charge in [0.25, 0.3) is 17.8 Å². The number of ether oxygens (including phenoxy) is 2. The van der Waals surface area contributed by atoms with Crippen LogP contribution in [-0.4, -0.2) is 99.8 Å². The maximum Gasteiger partial charge on any atom is 0.408 e. The van der Waals surface area contributed by atoms with Crippen LogP contribution >= 0.6 is 0 Å². The number of aromatic nitrogens is 2.